The molecule has 0 saturated carbocycles. The van der Waals surface area contributed by atoms with Crippen molar-refractivity contribution in [3.8, 4) is 0 Å². The predicted octanol–water partition coefficient (Wildman–Crippen LogP) is 1.57. The van der Waals surface area contributed by atoms with Gasteiger partial charge in [-0.1, -0.05) is 24.0 Å². The van der Waals surface area contributed by atoms with Crippen LogP contribution in [0.5, 0.6) is 0 Å². The molecular weight excluding hydrogens is 262 g/mol. The van der Waals surface area contributed by atoms with E-state index in [2.05, 4.69) is 0 Å². The van der Waals surface area contributed by atoms with Crippen molar-refractivity contribution in [1.82, 2.24) is 4.90 Å². The first-order chi connectivity index (χ1) is 8.08. The summed E-state index contributed by atoms with van der Waals surface area (Å²) in [6, 6.07) is 3.40. The van der Waals surface area contributed by atoms with E-state index in [-0.39, 0.29) is 4.32 Å². The highest BCUT2D eigenvalue weighted by atomic mass is 32.2. The molecule has 0 spiro atoms. The van der Waals surface area contributed by atoms with E-state index in [1.807, 2.05) is 0 Å². The van der Waals surface area contributed by atoms with Gasteiger partial charge in [0.1, 0.15) is 16.6 Å². The summed E-state index contributed by atoms with van der Waals surface area (Å²) in [5, 5.41) is 8.65. The minimum atomic E-state index is -1.10. The van der Waals surface area contributed by atoms with Crippen molar-refractivity contribution in [3.05, 3.63) is 29.1 Å². The second-order valence-electron chi connectivity index (χ2n) is 3.18. The van der Waals surface area contributed by atoms with Crippen LogP contribution in [0.1, 0.15) is 5.76 Å². The number of carbonyl (C=O) groups is 2. The second-order valence-corrected chi connectivity index (χ2v) is 4.85. The van der Waals surface area contributed by atoms with Crippen LogP contribution in [0.2, 0.25) is 0 Å². The molecule has 0 aliphatic carbocycles. The molecule has 17 heavy (non-hydrogen) atoms. The molecule has 1 N–H and O–H groups in total. The fourth-order valence-corrected chi connectivity index (χ4v) is 2.51. The first kappa shape index (κ1) is 11.9. The van der Waals surface area contributed by atoms with Crippen molar-refractivity contribution in [3.63, 3.8) is 0 Å². The quantitative estimate of drug-likeness (QED) is 0.663. The number of hydrogen-bond donors (Lipinski definition) is 1. The van der Waals surface area contributed by atoms with Gasteiger partial charge in [-0.15, -0.1) is 0 Å². The highest BCUT2D eigenvalue weighted by Gasteiger charge is 2.33. The van der Waals surface area contributed by atoms with E-state index in [0.29, 0.717) is 10.7 Å². The summed E-state index contributed by atoms with van der Waals surface area (Å²) in [5.74, 6) is -0.972. The van der Waals surface area contributed by atoms with Gasteiger partial charge in [-0.25, -0.2) is 0 Å². The summed E-state index contributed by atoms with van der Waals surface area (Å²) in [6.07, 6.45) is 3.03. The molecule has 1 fully saturated rings. The van der Waals surface area contributed by atoms with Gasteiger partial charge in [-0.3, -0.25) is 14.5 Å². The van der Waals surface area contributed by atoms with Crippen molar-refractivity contribution < 1.29 is 19.1 Å². The molecule has 88 valence electrons. The lowest BCUT2D eigenvalue weighted by Gasteiger charge is -2.09. The molecule has 0 unspecified atom stereocenters. The normalized spacial score (nSPS) is 18.1. The molecule has 2 heterocycles. The number of aliphatic carboxylic acids is 1. The lowest BCUT2D eigenvalue weighted by atomic mass is 10.3. The Bertz CT molecular complexity index is 506. The second kappa shape index (κ2) is 4.72. The summed E-state index contributed by atoms with van der Waals surface area (Å²) in [6.45, 7) is -0.417. The Labute approximate surface area is 106 Å². The molecule has 1 aromatic heterocycles. The fraction of sp³-hybridized carbons (Fsp3) is 0.100. The molecule has 0 bridgehead atoms. The maximum atomic E-state index is 11.8. The van der Waals surface area contributed by atoms with Crippen molar-refractivity contribution in [2.45, 2.75) is 0 Å². The summed E-state index contributed by atoms with van der Waals surface area (Å²) in [5.41, 5.74) is 0. The molecule has 7 heteroatoms. The molecule has 0 aromatic carbocycles. The van der Waals surface area contributed by atoms with Gasteiger partial charge in [0.15, 0.2) is 0 Å². The minimum Gasteiger partial charge on any atom is -0.480 e. The van der Waals surface area contributed by atoms with Crippen LogP contribution in [0.15, 0.2) is 27.7 Å². The van der Waals surface area contributed by atoms with Crippen LogP contribution in [0, 0.1) is 0 Å². The van der Waals surface area contributed by atoms with Gasteiger partial charge >= 0.3 is 5.97 Å². The van der Waals surface area contributed by atoms with Crippen LogP contribution in [-0.4, -0.2) is 32.7 Å². The average Bonchev–Trinajstić information content (AvgIpc) is 2.83. The largest absolute Gasteiger partial charge is 0.480 e. The number of carboxylic acid groups (broad SMARTS) is 1. The van der Waals surface area contributed by atoms with Gasteiger partial charge < -0.3 is 9.52 Å². The van der Waals surface area contributed by atoms with E-state index in [0.717, 1.165) is 16.7 Å². The number of thioether (sulfide) groups is 1. The molecule has 5 nitrogen and oxygen atoms in total. The lowest BCUT2D eigenvalue weighted by Crippen LogP contribution is -2.33. The summed E-state index contributed by atoms with van der Waals surface area (Å²) >= 11 is 6.01. The average molecular weight is 269 g/mol. The van der Waals surface area contributed by atoms with Crippen LogP contribution in [0.25, 0.3) is 6.08 Å². The number of nitrogens with zero attached hydrogens (tertiary/aromatic N) is 1. The molecular formula is C10H7NO4S2. The molecule has 0 radical (unpaired) electrons. The van der Waals surface area contributed by atoms with Gasteiger partial charge in [0, 0.05) is 6.08 Å². The van der Waals surface area contributed by atoms with Gasteiger partial charge in [-0.2, -0.15) is 0 Å². The molecule has 1 amide bonds. The summed E-state index contributed by atoms with van der Waals surface area (Å²) < 4.78 is 5.32. The number of amides is 1. The van der Waals surface area contributed by atoms with Gasteiger partial charge in [0.2, 0.25) is 0 Å². The Kier molecular flexibility index (Phi) is 3.30. The Morgan fingerprint density at radius 2 is 2.41 bits per heavy atom. The Morgan fingerprint density at radius 1 is 1.65 bits per heavy atom. The van der Waals surface area contributed by atoms with E-state index in [9.17, 15) is 9.59 Å². The Morgan fingerprint density at radius 3 is 3.00 bits per heavy atom. The SMILES string of the molecule is O=C(O)CN1C(=O)/C(=C\c2ccco2)SC1=S. The van der Waals surface area contributed by atoms with Gasteiger partial charge in [0.25, 0.3) is 5.91 Å². The first-order valence-electron chi connectivity index (χ1n) is 4.58. The first-order valence-corrected chi connectivity index (χ1v) is 5.81. The number of carbonyl (C=O) groups excluding carboxylic acids is 1. The van der Waals surface area contributed by atoms with Gasteiger partial charge in [0.05, 0.1) is 11.2 Å². The zero-order valence-corrected chi connectivity index (χ0v) is 10.1. The summed E-state index contributed by atoms with van der Waals surface area (Å²) in [4.78, 5) is 23.8. The van der Waals surface area contributed by atoms with Crippen LogP contribution >= 0.6 is 24.0 Å². The van der Waals surface area contributed by atoms with E-state index in [1.54, 1.807) is 18.2 Å². The number of rotatable bonds is 3. The standard InChI is InChI=1S/C10H7NO4S2/c12-8(13)5-11-9(14)7(17-10(11)16)4-6-2-1-3-15-6/h1-4H,5H2,(H,12,13)/b7-4+. The van der Waals surface area contributed by atoms with E-state index < -0.39 is 18.4 Å². The Balaban J connectivity index is 2.21. The van der Waals surface area contributed by atoms with Crippen LogP contribution < -0.4 is 0 Å². The summed E-state index contributed by atoms with van der Waals surface area (Å²) in [7, 11) is 0. The van der Waals surface area contributed by atoms with Crippen LogP contribution in [0.4, 0.5) is 0 Å². The predicted molar refractivity (Wildman–Crippen MR) is 66.2 cm³/mol. The molecule has 0 atom stereocenters. The van der Waals surface area contributed by atoms with Crippen molar-refractivity contribution >= 4 is 46.3 Å². The fourth-order valence-electron chi connectivity index (χ4n) is 1.27. The molecule has 2 rings (SSSR count). The highest BCUT2D eigenvalue weighted by Crippen LogP contribution is 2.32. The third kappa shape index (κ3) is 2.56. The van der Waals surface area contributed by atoms with Crippen molar-refractivity contribution in [2.24, 2.45) is 0 Å². The number of carboxylic acids is 1. The highest BCUT2D eigenvalue weighted by molar-refractivity contribution is 8.26. The van der Waals surface area contributed by atoms with Crippen LogP contribution in [-0.2, 0) is 9.59 Å². The molecule has 1 aliphatic rings. The maximum Gasteiger partial charge on any atom is 0.323 e. The molecule has 1 aliphatic heterocycles. The van der Waals surface area contributed by atoms with Gasteiger partial charge in [-0.05, 0) is 12.1 Å². The third-order valence-corrected chi connectivity index (χ3v) is 3.36. The Hall–Kier alpha value is -1.60. The lowest BCUT2D eigenvalue weighted by molar-refractivity contribution is -0.140. The number of thiocarbonyl (C=S) groups is 1. The minimum absolute atomic E-state index is 0.246. The van der Waals surface area contributed by atoms with E-state index in [1.165, 1.54) is 6.26 Å². The zero-order chi connectivity index (χ0) is 12.4. The topological polar surface area (TPSA) is 70.8 Å². The molecule has 1 saturated heterocycles. The smallest absolute Gasteiger partial charge is 0.323 e. The maximum absolute atomic E-state index is 11.8. The van der Waals surface area contributed by atoms with Crippen molar-refractivity contribution in [2.75, 3.05) is 6.54 Å². The molecule has 1 aromatic rings. The monoisotopic (exact) mass is 269 g/mol. The zero-order valence-electron chi connectivity index (χ0n) is 8.45. The van der Waals surface area contributed by atoms with Crippen LogP contribution in [0.3, 0.4) is 0 Å². The third-order valence-electron chi connectivity index (χ3n) is 1.98. The van der Waals surface area contributed by atoms with Crippen molar-refractivity contribution in [1.29, 1.82) is 0 Å². The number of hydrogen-bond acceptors (Lipinski definition) is 5. The van der Waals surface area contributed by atoms with E-state index in [4.69, 9.17) is 21.7 Å². The van der Waals surface area contributed by atoms with E-state index >= 15 is 0 Å². The number of furan rings is 1.